The second kappa shape index (κ2) is 9.03. The molecule has 4 amide bonds. The maximum Gasteiger partial charge on any atom is 0.329 e. The molecule has 3 rings (SSSR count). The van der Waals surface area contributed by atoms with Gasteiger partial charge in [-0.2, -0.15) is 0 Å². The Balaban J connectivity index is 1.49. The molecule has 1 aliphatic rings. The summed E-state index contributed by atoms with van der Waals surface area (Å²) in [5, 5.41) is 5.12. The minimum atomic E-state index is -0.450. The van der Waals surface area contributed by atoms with Crippen molar-refractivity contribution in [1.29, 1.82) is 0 Å². The molecule has 0 aliphatic carbocycles. The minimum Gasteiger partial charge on any atom is -0.494 e. The molecule has 7 nitrogen and oxygen atoms in total. The Bertz CT molecular complexity index is 864. The lowest BCUT2D eigenvalue weighted by Gasteiger charge is -2.13. The van der Waals surface area contributed by atoms with E-state index in [1.54, 1.807) is 24.3 Å². The molecule has 0 radical (unpaired) electrons. The Labute approximate surface area is 163 Å². The molecule has 0 atom stereocenters. The van der Waals surface area contributed by atoms with Gasteiger partial charge >= 0.3 is 6.03 Å². The monoisotopic (exact) mass is 381 g/mol. The maximum absolute atomic E-state index is 12.3. The topological polar surface area (TPSA) is 87.7 Å². The van der Waals surface area contributed by atoms with Crippen LogP contribution in [0.5, 0.6) is 5.75 Å². The predicted octanol–water partition coefficient (Wildman–Crippen LogP) is 2.50. The quantitative estimate of drug-likeness (QED) is 0.543. The van der Waals surface area contributed by atoms with Gasteiger partial charge in [0.25, 0.3) is 5.91 Å². The number of urea groups is 1. The van der Waals surface area contributed by atoms with Crippen molar-refractivity contribution in [2.24, 2.45) is 0 Å². The zero-order valence-electron chi connectivity index (χ0n) is 15.7. The number of ether oxygens (including phenoxy) is 1. The number of benzene rings is 2. The van der Waals surface area contributed by atoms with Crippen molar-refractivity contribution in [2.45, 2.75) is 19.8 Å². The van der Waals surface area contributed by atoms with Crippen molar-refractivity contribution in [3.8, 4) is 5.75 Å². The fraction of sp³-hybridized carbons (Fsp3) is 0.286. The fourth-order valence-electron chi connectivity index (χ4n) is 3.03. The number of hydrogen-bond donors (Lipinski definition) is 2. The molecule has 1 heterocycles. The summed E-state index contributed by atoms with van der Waals surface area (Å²) in [4.78, 5) is 36.6. The van der Waals surface area contributed by atoms with E-state index in [0.717, 1.165) is 24.2 Å². The van der Waals surface area contributed by atoms with E-state index >= 15 is 0 Å². The van der Waals surface area contributed by atoms with Crippen molar-refractivity contribution in [3.63, 3.8) is 0 Å². The number of rotatable bonds is 8. The van der Waals surface area contributed by atoms with Crippen molar-refractivity contribution in [1.82, 2.24) is 10.6 Å². The van der Waals surface area contributed by atoms with Crippen molar-refractivity contribution in [2.75, 3.05) is 24.6 Å². The third kappa shape index (κ3) is 4.68. The van der Waals surface area contributed by atoms with Crippen LogP contribution in [0.4, 0.5) is 10.5 Å². The van der Waals surface area contributed by atoms with E-state index in [1.165, 1.54) is 4.90 Å². The molecule has 2 aromatic rings. The summed E-state index contributed by atoms with van der Waals surface area (Å²) in [6.45, 7) is 3.12. The molecular weight excluding hydrogens is 358 g/mol. The van der Waals surface area contributed by atoms with Crippen LogP contribution in [0.3, 0.4) is 0 Å². The van der Waals surface area contributed by atoms with Crippen LogP contribution in [0.25, 0.3) is 0 Å². The van der Waals surface area contributed by atoms with Crippen molar-refractivity contribution < 1.29 is 19.1 Å². The van der Waals surface area contributed by atoms with Gasteiger partial charge in [-0.1, -0.05) is 18.2 Å². The number of carbonyl (C=O) groups is 3. The molecule has 2 N–H and O–H groups in total. The lowest BCUT2D eigenvalue weighted by atomic mass is 10.1. The molecule has 0 saturated carbocycles. The number of amides is 4. The van der Waals surface area contributed by atoms with Gasteiger partial charge in [0.1, 0.15) is 12.3 Å². The second-order valence-electron chi connectivity index (χ2n) is 6.39. The standard InChI is InChI=1S/C21H23N3O4/c1-2-28-18-8-4-3-6-15(18)7-5-13-22-20(26)16-9-11-17(12-10-16)24-14-19(25)23-21(24)27/h3-4,6,8-12H,2,5,7,13-14H2,1H3,(H,22,26)(H,23,25,27). The van der Waals surface area contributed by atoms with Gasteiger partial charge < -0.3 is 10.1 Å². The summed E-state index contributed by atoms with van der Waals surface area (Å²) in [6, 6.07) is 14.1. The first-order valence-corrected chi connectivity index (χ1v) is 9.29. The van der Waals surface area contributed by atoms with Crippen molar-refractivity contribution in [3.05, 3.63) is 59.7 Å². The van der Waals surface area contributed by atoms with Gasteiger partial charge in [-0.3, -0.25) is 19.8 Å². The number of aryl methyl sites for hydroxylation is 1. The van der Waals surface area contributed by atoms with Crippen LogP contribution in [0.1, 0.15) is 29.3 Å². The summed E-state index contributed by atoms with van der Waals surface area (Å²) in [6.07, 6.45) is 1.61. The van der Waals surface area contributed by atoms with Crippen LogP contribution in [0.2, 0.25) is 0 Å². The molecule has 7 heteroatoms. The second-order valence-corrected chi connectivity index (χ2v) is 6.39. The number of nitrogens with one attached hydrogen (secondary N) is 2. The summed E-state index contributed by atoms with van der Waals surface area (Å²) >= 11 is 0. The average Bonchev–Trinajstić information content (AvgIpc) is 3.04. The molecule has 2 aromatic carbocycles. The molecule has 1 saturated heterocycles. The Hall–Kier alpha value is -3.35. The number of imide groups is 1. The first kappa shape index (κ1) is 19.4. The smallest absolute Gasteiger partial charge is 0.329 e. The minimum absolute atomic E-state index is 0.00635. The van der Waals surface area contributed by atoms with Crippen LogP contribution in [0.15, 0.2) is 48.5 Å². The molecule has 1 aliphatic heterocycles. The molecule has 0 bridgehead atoms. The van der Waals surface area contributed by atoms with Crippen LogP contribution in [0, 0.1) is 0 Å². The van der Waals surface area contributed by atoms with Crippen LogP contribution < -0.4 is 20.3 Å². The van der Waals surface area contributed by atoms with E-state index in [0.29, 0.717) is 24.4 Å². The zero-order valence-corrected chi connectivity index (χ0v) is 15.7. The normalized spacial score (nSPS) is 13.4. The van der Waals surface area contributed by atoms with Gasteiger partial charge in [-0.25, -0.2) is 4.79 Å². The molecule has 0 unspecified atom stereocenters. The zero-order chi connectivity index (χ0) is 19.9. The van der Waals surface area contributed by atoms with Gasteiger partial charge in [0, 0.05) is 17.8 Å². The highest BCUT2D eigenvalue weighted by Gasteiger charge is 2.27. The number of hydrogen-bond acceptors (Lipinski definition) is 4. The first-order chi connectivity index (χ1) is 13.6. The highest BCUT2D eigenvalue weighted by atomic mass is 16.5. The van der Waals surface area contributed by atoms with Gasteiger partial charge in [-0.05, 0) is 55.7 Å². The van der Waals surface area contributed by atoms with E-state index < -0.39 is 6.03 Å². The summed E-state index contributed by atoms with van der Waals surface area (Å²) < 4.78 is 5.61. The van der Waals surface area contributed by atoms with Gasteiger partial charge in [0.2, 0.25) is 5.91 Å². The van der Waals surface area contributed by atoms with E-state index in [4.69, 9.17) is 4.74 Å². The average molecular weight is 381 g/mol. The third-order valence-corrected chi connectivity index (χ3v) is 4.42. The van der Waals surface area contributed by atoms with Crippen LogP contribution in [-0.4, -0.2) is 37.5 Å². The molecule has 146 valence electrons. The Morgan fingerprint density at radius 1 is 1.14 bits per heavy atom. The molecule has 0 spiro atoms. The van der Waals surface area contributed by atoms with E-state index in [-0.39, 0.29) is 18.4 Å². The largest absolute Gasteiger partial charge is 0.494 e. The number of nitrogens with zero attached hydrogens (tertiary/aromatic N) is 1. The highest BCUT2D eigenvalue weighted by molar-refractivity contribution is 6.12. The van der Waals surface area contributed by atoms with Gasteiger partial charge in [0.05, 0.1) is 6.61 Å². The van der Waals surface area contributed by atoms with Gasteiger partial charge in [-0.15, -0.1) is 0 Å². The van der Waals surface area contributed by atoms with E-state index in [2.05, 4.69) is 10.6 Å². The van der Waals surface area contributed by atoms with Gasteiger partial charge in [0.15, 0.2) is 0 Å². The summed E-state index contributed by atoms with van der Waals surface area (Å²) in [5.41, 5.74) is 2.21. The fourth-order valence-corrected chi connectivity index (χ4v) is 3.03. The third-order valence-electron chi connectivity index (χ3n) is 4.42. The van der Waals surface area contributed by atoms with Crippen LogP contribution >= 0.6 is 0 Å². The van der Waals surface area contributed by atoms with E-state index in [1.807, 2.05) is 31.2 Å². The summed E-state index contributed by atoms with van der Waals surface area (Å²) in [7, 11) is 0. The van der Waals surface area contributed by atoms with Crippen LogP contribution in [-0.2, 0) is 11.2 Å². The molecular formula is C21H23N3O4. The molecule has 28 heavy (non-hydrogen) atoms. The predicted molar refractivity (Wildman–Crippen MR) is 106 cm³/mol. The number of para-hydroxylation sites is 1. The Morgan fingerprint density at radius 3 is 2.57 bits per heavy atom. The molecule has 1 fully saturated rings. The Kier molecular flexibility index (Phi) is 6.26. The first-order valence-electron chi connectivity index (χ1n) is 9.29. The SMILES string of the molecule is CCOc1ccccc1CCCNC(=O)c1ccc(N2CC(=O)NC2=O)cc1. The summed E-state index contributed by atoms with van der Waals surface area (Å²) in [5.74, 6) is 0.376. The molecule has 0 aromatic heterocycles. The Morgan fingerprint density at radius 2 is 1.89 bits per heavy atom. The highest BCUT2D eigenvalue weighted by Crippen LogP contribution is 2.20. The lowest BCUT2D eigenvalue weighted by molar-refractivity contribution is -0.117. The van der Waals surface area contributed by atoms with E-state index in [9.17, 15) is 14.4 Å². The maximum atomic E-state index is 12.3. The number of anilines is 1. The lowest BCUT2D eigenvalue weighted by Crippen LogP contribution is -2.28. The van der Waals surface area contributed by atoms with Crippen molar-refractivity contribution >= 4 is 23.5 Å². The number of carbonyl (C=O) groups excluding carboxylic acids is 3.